The first kappa shape index (κ1) is 16.4. The number of hydrogen-bond donors (Lipinski definition) is 1. The van der Waals surface area contributed by atoms with E-state index in [1.165, 1.54) is 23.0 Å². The summed E-state index contributed by atoms with van der Waals surface area (Å²) >= 11 is 0. The van der Waals surface area contributed by atoms with Crippen LogP contribution in [0.2, 0.25) is 0 Å². The van der Waals surface area contributed by atoms with Crippen LogP contribution in [0.3, 0.4) is 0 Å². The summed E-state index contributed by atoms with van der Waals surface area (Å²) in [7, 11) is 0. The molecule has 0 bridgehead atoms. The third-order valence-corrected chi connectivity index (χ3v) is 3.86. The van der Waals surface area contributed by atoms with Crippen molar-refractivity contribution in [3.8, 4) is 5.69 Å². The van der Waals surface area contributed by atoms with E-state index in [9.17, 15) is 14.9 Å². The molecule has 1 heterocycles. The Morgan fingerprint density at radius 3 is 2.52 bits per heavy atom. The number of aromatic nitrogens is 2. The molecule has 2 aromatic carbocycles. The minimum absolute atomic E-state index is 0.0145. The van der Waals surface area contributed by atoms with Crippen LogP contribution >= 0.6 is 0 Å². The lowest BCUT2D eigenvalue weighted by molar-refractivity contribution is -0.384. The van der Waals surface area contributed by atoms with Gasteiger partial charge in [-0.2, -0.15) is 0 Å². The highest BCUT2D eigenvalue weighted by Crippen LogP contribution is 2.23. The number of rotatable bonds is 4. The van der Waals surface area contributed by atoms with Crippen LogP contribution in [0.15, 0.2) is 58.3 Å². The molecule has 0 spiro atoms. The van der Waals surface area contributed by atoms with Crippen LogP contribution in [-0.2, 0) is 0 Å². The second-order valence-electron chi connectivity index (χ2n) is 5.61. The van der Waals surface area contributed by atoms with E-state index in [0.29, 0.717) is 22.5 Å². The zero-order valence-corrected chi connectivity index (χ0v) is 13.8. The van der Waals surface area contributed by atoms with Crippen LogP contribution in [0.1, 0.15) is 16.8 Å². The van der Waals surface area contributed by atoms with E-state index in [0.717, 1.165) is 5.69 Å². The van der Waals surface area contributed by atoms with Crippen molar-refractivity contribution >= 4 is 17.6 Å². The average Bonchev–Trinajstić information content (AvgIpc) is 2.89. The van der Waals surface area contributed by atoms with Crippen LogP contribution in [0.4, 0.5) is 11.4 Å². The highest BCUT2D eigenvalue weighted by atomic mass is 16.6. The topological polar surface area (TPSA) is 93.3 Å². The lowest BCUT2D eigenvalue weighted by Gasteiger charge is -1.99. The van der Waals surface area contributed by atoms with Crippen molar-refractivity contribution in [2.75, 3.05) is 0 Å². The fourth-order valence-corrected chi connectivity index (χ4v) is 2.50. The van der Waals surface area contributed by atoms with Crippen molar-refractivity contribution < 1.29 is 4.92 Å². The largest absolute Gasteiger partial charge is 0.295 e. The van der Waals surface area contributed by atoms with Crippen molar-refractivity contribution in [3.63, 3.8) is 0 Å². The second kappa shape index (κ2) is 6.56. The number of H-pyrrole nitrogens is 1. The maximum atomic E-state index is 12.6. The SMILES string of the molecule is Cc1cc([N+](=O)[O-])ccc1N=Cc1c(C)[nH]n(-c2ccccc2)c1=O. The normalized spacial score (nSPS) is 11.1. The summed E-state index contributed by atoms with van der Waals surface area (Å²) in [5.74, 6) is 0. The molecule has 3 rings (SSSR count). The van der Waals surface area contributed by atoms with E-state index < -0.39 is 4.92 Å². The number of para-hydroxylation sites is 1. The first-order chi connectivity index (χ1) is 12.0. The van der Waals surface area contributed by atoms with Crippen LogP contribution in [-0.4, -0.2) is 20.9 Å². The number of aryl methyl sites for hydroxylation is 2. The molecule has 0 unspecified atom stereocenters. The van der Waals surface area contributed by atoms with Crippen LogP contribution in [0.25, 0.3) is 5.69 Å². The quantitative estimate of drug-likeness (QED) is 0.449. The van der Waals surface area contributed by atoms with Crippen LogP contribution in [0, 0.1) is 24.0 Å². The molecule has 0 saturated carbocycles. The fourth-order valence-electron chi connectivity index (χ4n) is 2.50. The summed E-state index contributed by atoms with van der Waals surface area (Å²) in [5.41, 5.74) is 2.94. The average molecular weight is 336 g/mol. The number of nitro benzene ring substituents is 1. The zero-order chi connectivity index (χ0) is 18.0. The number of nitrogens with zero attached hydrogens (tertiary/aromatic N) is 3. The van der Waals surface area contributed by atoms with E-state index in [4.69, 9.17) is 0 Å². The molecule has 0 radical (unpaired) electrons. The molecule has 1 aromatic heterocycles. The Bertz CT molecular complexity index is 1020. The number of aliphatic imine (C=N–C) groups is 1. The minimum Gasteiger partial charge on any atom is -0.295 e. The van der Waals surface area contributed by atoms with Crippen molar-refractivity contribution in [2.24, 2.45) is 4.99 Å². The van der Waals surface area contributed by atoms with Gasteiger partial charge in [-0.3, -0.25) is 25.0 Å². The Balaban J connectivity index is 1.96. The van der Waals surface area contributed by atoms with Gasteiger partial charge in [-0.15, -0.1) is 0 Å². The molecule has 7 nitrogen and oxygen atoms in total. The van der Waals surface area contributed by atoms with Gasteiger partial charge in [0.05, 0.1) is 21.9 Å². The van der Waals surface area contributed by atoms with Gasteiger partial charge >= 0.3 is 0 Å². The summed E-state index contributed by atoms with van der Waals surface area (Å²) in [6.45, 7) is 3.54. The van der Waals surface area contributed by atoms with E-state index in [1.54, 1.807) is 19.9 Å². The number of benzene rings is 2. The van der Waals surface area contributed by atoms with Gasteiger partial charge in [0.1, 0.15) is 0 Å². The van der Waals surface area contributed by atoms with Gasteiger partial charge in [-0.25, -0.2) is 4.68 Å². The summed E-state index contributed by atoms with van der Waals surface area (Å²) < 4.78 is 1.46. The van der Waals surface area contributed by atoms with Gasteiger partial charge in [-0.1, -0.05) is 18.2 Å². The molecule has 0 saturated heterocycles. The monoisotopic (exact) mass is 336 g/mol. The van der Waals surface area contributed by atoms with Crippen molar-refractivity contribution in [1.29, 1.82) is 0 Å². The molecule has 0 aliphatic heterocycles. The maximum absolute atomic E-state index is 12.6. The van der Waals surface area contributed by atoms with Gasteiger partial charge in [-0.05, 0) is 37.6 Å². The zero-order valence-electron chi connectivity index (χ0n) is 13.8. The van der Waals surface area contributed by atoms with E-state index in [-0.39, 0.29) is 11.2 Å². The fraction of sp³-hybridized carbons (Fsp3) is 0.111. The number of aromatic amines is 1. The molecule has 126 valence electrons. The number of nitrogens with one attached hydrogen (secondary N) is 1. The van der Waals surface area contributed by atoms with Crippen molar-refractivity contribution in [2.45, 2.75) is 13.8 Å². The minimum atomic E-state index is -0.449. The number of hydrogen-bond acceptors (Lipinski definition) is 4. The summed E-state index contributed by atoms with van der Waals surface area (Å²) in [5, 5.41) is 13.8. The number of nitro groups is 1. The summed E-state index contributed by atoms with van der Waals surface area (Å²) in [6.07, 6.45) is 1.49. The maximum Gasteiger partial charge on any atom is 0.280 e. The molecule has 0 aliphatic carbocycles. The highest BCUT2D eigenvalue weighted by Gasteiger charge is 2.11. The van der Waals surface area contributed by atoms with Gasteiger partial charge in [0.2, 0.25) is 0 Å². The molecule has 7 heteroatoms. The highest BCUT2D eigenvalue weighted by molar-refractivity contribution is 5.83. The first-order valence-corrected chi connectivity index (χ1v) is 7.63. The first-order valence-electron chi connectivity index (χ1n) is 7.63. The molecule has 0 fully saturated rings. The molecule has 1 N–H and O–H groups in total. The predicted molar refractivity (Wildman–Crippen MR) is 96.2 cm³/mol. The molecular weight excluding hydrogens is 320 g/mol. The molecule has 0 amide bonds. The second-order valence-corrected chi connectivity index (χ2v) is 5.61. The van der Waals surface area contributed by atoms with E-state index in [1.807, 2.05) is 30.3 Å². The van der Waals surface area contributed by atoms with Gasteiger partial charge in [0.15, 0.2) is 0 Å². The Morgan fingerprint density at radius 1 is 1.16 bits per heavy atom. The number of non-ortho nitro benzene ring substituents is 1. The van der Waals surface area contributed by atoms with E-state index in [2.05, 4.69) is 10.1 Å². The van der Waals surface area contributed by atoms with Crippen molar-refractivity contribution in [1.82, 2.24) is 9.78 Å². The Morgan fingerprint density at radius 2 is 1.88 bits per heavy atom. The third-order valence-electron chi connectivity index (χ3n) is 3.86. The standard InChI is InChI=1S/C18H16N4O3/c1-12-10-15(22(24)25)8-9-17(12)19-11-16-13(2)20-21(18(16)23)14-6-4-3-5-7-14/h3-11,20H,1-2H3. The van der Waals surface area contributed by atoms with Crippen LogP contribution in [0.5, 0.6) is 0 Å². The van der Waals surface area contributed by atoms with Gasteiger partial charge in [0, 0.05) is 24.0 Å². The molecule has 3 aromatic rings. The van der Waals surface area contributed by atoms with Gasteiger partial charge < -0.3 is 0 Å². The Kier molecular flexibility index (Phi) is 4.30. The molecule has 0 atom stereocenters. The Labute approximate surface area is 143 Å². The molecular formula is C18H16N4O3. The molecule has 25 heavy (non-hydrogen) atoms. The third kappa shape index (κ3) is 3.25. The Hall–Kier alpha value is -3.48. The summed E-state index contributed by atoms with van der Waals surface area (Å²) in [6, 6.07) is 13.7. The molecule has 0 aliphatic rings. The van der Waals surface area contributed by atoms with E-state index >= 15 is 0 Å². The van der Waals surface area contributed by atoms with Gasteiger partial charge in [0.25, 0.3) is 11.2 Å². The smallest absolute Gasteiger partial charge is 0.280 e. The van der Waals surface area contributed by atoms with Crippen LogP contribution < -0.4 is 5.56 Å². The predicted octanol–water partition coefficient (Wildman–Crippen LogP) is 3.44. The van der Waals surface area contributed by atoms with Crippen molar-refractivity contribution in [3.05, 3.63) is 85.8 Å². The summed E-state index contributed by atoms with van der Waals surface area (Å²) in [4.78, 5) is 27.3. The lowest BCUT2D eigenvalue weighted by Crippen LogP contribution is -2.17. The lowest BCUT2D eigenvalue weighted by atomic mass is 10.2.